The summed E-state index contributed by atoms with van der Waals surface area (Å²) in [6, 6.07) is 4.68. The van der Waals surface area contributed by atoms with Crippen LogP contribution in [0, 0.1) is 5.92 Å². The van der Waals surface area contributed by atoms with Crippen LogP contribution in [-0.2, 0) is 25.8 Å². The highest BCUT2D eigenvalue weighted by Gasteiger charge is 2.33. The molecule has 0 radical (unpaired) electrons. The summed E-state index contributed by atoms with van der Waals surface area (Å²) in [5, 5.41) is 12.8. The van der Waals surface area contributed by atoms with E-state index in [1.165, 1.54) is 22.5 Å². The molecular formula is C18H20F3N5O4S3. The third-order valence-electron chi connectivity index (χ3n) is 4.76. The van der Waals surface area contributed by atoms with Gasteiger partial charge < -0.3 is 10.6 Å². The van der Waals surface area contributed by atoms with Crippen LogP contribution >= 0.6 is 23.1 Å². The summed E-state index contributed by atoms with van der Waals surface area (Å²) in [4.78, 5) is 24.5. The summed E-state index contributed by atoms with van der Waals surface area (Å²) in [7, 11) is -3.28. The van der Waals surface area contributed by atoms with Gasteiger partial charge in [-0.3, -0.25) is 9.59 Å². The van der Waals surface area contributed by atoms with Gasteiger partial charge in [-0.05, 0) is 25.0 Å². The molecule has 0 bridgehead atoms. The van der Waals surface area contributed by atoms with E-state index in [0.29, 0.717) is 17.2 Å². The molecule has 2 aromatic rings. The van der Waals surface area contributed by atoms with Gasteiger partial charge in [0.2, 0.25) is 27.0 Å². The first kappa shape index (κ1) is 25.4. The SMILES string of the molecule is CS(=O)(=O)N1CCC(C(=O)Nc2nnc(SCC(=O)Nc3ccccc3C(F)(F)F)s2)CC1. The molecule has 0 atom stereocenters. The first-order chi connectivity index (χ1) is 15.4. The van der Waals surface area contributed by atoms with Gasteiger partial charge in [-0.2, -0.15) is 13.2 Å². The number of benzene rings is 1. The van der Waals surface area contributed by atoms with Gasteiger partial charge in [0, 0.05) is 19.0 Å². The minimum Gasteiger partial charge on any atom is -0.325 e. The molecule has 9 nitrogen and oxygen atoms in total. The molecule has 2 heterocycles. The summed E-state index contributed by atoms with van der Waals surface area (Å²) in [6.45, 7) is 0.529. The maximum atomic E-state index is 13.0. The molecule has 1 fully saturated rings. The number of nitrogens with one attached hydrogen (secondary N) is 2. The quantitative estimate of drug-likeness (QED) is 0.423. The van der Waals surface area contributed by atoms with Gasteiger partial charge in [0.25, 0.3) is 0 Å². The Balaban J connectivity index is 1.49. The number of piperidine rings is 1. The van der Waals surface area contributed by atoms with Crippen molar-refractivity contribution >= 4 is 55.8 Å². The van der Waals surface area contributed by atoms with Crippen LogP contribution in [-0.4, -0.2) is 59.8 Å². The number of hydrogen-bond acceptors (Lipinski definition) is 8. The van der Waals surface area contributed by atoms with Crippen molar-refractivity contribution in [3.05, 3.63) is 29.8 Å². The second kappa shape index (κ2) is 10.4. The average Bonchev–Trinajstić information content (AvgIpc) is 3.18. The molecule has 1 aliphatic heterocycles. The van der Waals surface area contributed by atoms with Crippen LogP contribution in [0.1, 0.15) is 18.4 Å². The predicted octanol–water partition coefficient (Wildman–Crippen LogP) is 2.90. The Morgan fingerprint density at radius 2 is 1.85 bits per heavy atom. The molecule has 15 heteroatoms. The molecule has 1 aromatic carbocycles. The molecule has 3 rings (SSSR count). The van der Waals surface area contributed by atoms with Crippen LogP contribution in [0.25, 0.3) is 0 Å². The minimum absolute atomic E-state index is 0.196. The van der Waals surface area contributed by atoms with Crippen LogP contribution in [0.15, 0.2) is 28.6 Å². The zero-order valence-electron chi connectivity index (χ0n) is 17.3. The standard InChI is InChI=1S/C18H20F3N5O4S3/c1-33(29,30)26-8-6-11(7-9-26)15(28)23-16-24-25-17(32-16)31-10-14(27)22-13-5-3-2-4-12(13)18(19,20)21/h2-5,11H,6-10H2,1H3,(H,22,27)(H,23,24,28). The zero-order chi connectivity index (χ0) is 24.2. The number of hydrogen-bond donors (Lipinski definition) is 2. The molecule has 0 aliphatic carbocycles. The summed E-state index contributed by atoms with van der Waals surface area (Å²) >= 11 is 2.00. The Kier molecular flexibility index (Phi) is 7.97. The number of sulfonamides is 1. The fourth-order valence-electron chi connectivity index (χ4n) is 3.13. The van der Waals surface area contributed by atoms with Crippen molar-refractivity contribution in [1.29, 1.82) is 0 Å². The molecular weight excluding hydrogens is 503 g/mol. The number of anilines is 2. The van der Waals surface area contributed by atoms with E-state index in [-0.39, 0.29) is 41.5 Å². The molecule has 2 N–H and O–H groups in total. The van der Waals surface area contributed by atoms with Gasteiger partial charge >= 0.3 is 6.18 Å². The van der Waals surface area contributed by atoms with Gasteiger partial charge in [-0.1, -0.05) is 35.2 Å². The topological polar surface area (TPSA) is 121 Å². The van der Waals surface area contributed by atoms with Crippen molar-refractivity contribution in [2.24, 2.45) is 5.92 Å². The number of carbonyl (C=O) groups excluding carboxylic acids is 2. The number of amides is 2. The Labute approximate surface area is 196 Å². The Morgan fingerprint density at radius 3 is 2.48 bits per heavy atom. The number of carbonyl (C=O) groups is 2. The average molecular weight is 524 g/mol. The molecule has 2 amide bonds. The van der Waals surface area contributed by atoms with Crippen molar-refractivity contribution in [1.82, 2.24) is 14.5 Å². The van der Waals surface area contributed by atoms with E-state index in [1.807, 2.05) is 0 Å². The summed E-state index contributed by atoms with van der Waals surface area (Å²) in [6.07, 6.45) is -2.69. The van der Waals surface area contributed by atoms with Crippen LogP contribution < -0.4 is 10.6 Å². The maximum Gasteiger partial charge on any atom is 0.418 e. The first-order valence-corrected chi connectivity index (χ1v) is 13.3. The second-order valence-electron chi connectivity index (χ2n) is 7.18. The third kappa shape index (κ3) is 7.12. The molecule has 1 aromatic heterocycles. The van der Waals surface area contributed by atoms with E-state index >= 15 is 0 Å². The monoisotopic (exact) mass is 523 g/mol. The maximum absolute atomic E-state index is 13.0. The van der Waals surface area contributed by atoms with Gasteiger partial charge in [-0.15, -0.1) is 10.2 Å². The van der Waals surface area contributed by atoms with E-state index in [4.69, 9.17) is 0 Å². The largest absolute Gasteiger partial charge is 0.418 e. The number of halogens is 3. The minimum atomic E-state index is -4.59. The molecule has 0 unspecified atom stereocenters. The summed E-state index contributed by atoms with van der Waals surface area (Å²) in [5.74, 6) is -1.49. The number of alkyl halides is 3. The summed E-state index contributed by atoms with van der Waals surface area (Å²) in [5.41, 5.74) is -1.27. The van der Waals surface area contributed by atoms with Gasteiger partial charge in [0.05, 0.1) is 23.3 Å². The molecule has 180 valence electrons. The van der Waals surface area contributed by atoms with Crippen molar-refractivity contribution in [2.75, 3.05) is 35.7 Å². The first-order valence-electron chi connectivity index (χ1n) is 9.62. The summed E-state index contributed by atoms with van der Waals surface area (Å²) < 4.78 is 63.9. The Morgan fingerprint density at radius 1 is 1.18 bits per heavy atom. The molecule has 0 spiro atoms. The van der Waals surface area contributed by atoms with Crippen molar-refractivity contribution in [3.8, 4) is 0 Å². The van der Waals surface area contributed by atoms with Crippen LogP contribution in [0.4, 0.5) is 24.0 Å². The smallest absolute Gasteiger partial charge is 0.325 e. The lowest BCUT2D eigenvalue weighted by molar-refractivity contribution is -0.137. The second-order valence-corrected chi connectivity index (χ2v) is 11.4. The molecule has 33 heavy (non-hydrogen) atoms. The number of aromatic nitrogens is 2. The Bertz CT molecular complexity index is 1120. The molecule has 1 saturated heterocycles. The highest BCUT2D eigenvalue weighted by atomic mass is 32.2. The number of rotatable bonds is 7. The van der Waals surface area contributed by atoms with E-state index in [0.717, 1.165) is 35.4 Å². The Hall–Kier alpha value is -2.23. The van der Waals surface area contributed by atoms with Crippen LogP contribution in [0.5, 0.6) is 0 Å². The fraction of sp³-hybridized carbons (Fsp3) is 0.444. The molecule has 0 saturated carbocycles. The van der Waals surface area contributed by atoms with Crippen LogP contribution in [0.3, 0.4) is 0 Å². The van der Waals surface area contributed by atoms with Crippen molar-refractivity contribution in [3.63, 3.8) is 0 Å². The van der Waals surface area contributed by atoms with Gasteiger partial charge in [0.1, 0.15) is 0 Å². The van der Waals surface area contributed by atoms with Gasteiger partial charge in [0.15, 0.2) is 4.34 Å². The lowest BCUT2D eigenvalue weighted by Crippen LogP contribution is -2.40. The zero-order valence-corrected chi connectivity index (χ0v) is 19.7. The highest BCUT2D eigenvalue weighted by molar-refractivity contribution is 8.01. The molecule has 1 aliphatic rings. The van der Waals surface area contributed by atoms with E-state index < -0.39 is 27.7 Å². The van der Waals surface area contributed by atoms with Crippen LogP contribution in [0.2, 0.25) is 0 Å². The van der Waals surface area contributed by atoms with Crippen molar-refractivity contribution < 1.29 is 31.2 Å². The van der Waals surface area contributed by atoms with Crippen molar-refractivity contribution in [2.45, 2.75) is 23.4 Å². The lowest BCUT2D eigenvalue weighted by atomic mass is 9.97. The van der Waals surface area contributed by atoms with E-state index in [9.17, 15) is 31.2 Å². The number of thioether (sulfide) groups is 1. The van der Waals surface area contributed by atoms with Gasteiger partial charge in [-0.25, -0.2) is 12.7 Å². The number of nitrogens with zero attached hydrogens (tertiary/aromatic N) is 3. The lowest BCUT2D eigenvalue weighted by Gasteiger charge is -2.29. The normalized spacial score (nSPS) is 15.9. The predicted molar refractivity (Wildman–Crippen MR) is 118 cm³/mol. The van der Waals surface area contributed by atoms with E-state index in [1.54, 1.807) is 0 Å². The highest BCUT2D eigenvalue weighted by Crippen LogP contribution is 2.35. The third-order valence-corrected chi connectivity index (χ3v) is 8.04. The fourth-order valence-corrected chi connectivity index (χ4v) is 5.56. The van der Waals surface area contributed by atoms with E-state index in [2.05, 4.69) is 20.8 Å². The number of para-hydroxylation sites is 1.